The third kappa shape index (κ3) is 1.63. The fraction of sp³-hybridized carbons (Fsp3) is 0.235. The number of rotatable bonds is 1. The highest BCUT2D eigenvalue weighted by Gasteiger charge is 2.17. The molecule has 3 heteroatoms. The monoisotopic (exact) mass is 263 g/mol. The predicted molar refractivity (Wildman–Crippen MR) is 83.0 cm³/mol. The van der Waals surface area contributed by atoms with Gasteiger partial charge in [-0.2, -0.15) is 0 Å². The first kappa shape index (κ1) is 11.5. The first-order chi connectivity index (χ1) is 9.84. The molecule has 0 atom stereocenters. The van der Waals surface area contributed by atoms with Crippen molar-refractivity contribution in [3.8, 4) is 11.4 Å². The number of nitrogens with zero attached hydrogens (tertiary/aromatic N) is 2. The van der Waals surface area contributed by atoms with Gasteiger partial charge in [-0.3, -0.25) is 0 Å². The van der Waals surface area contributed by atoms with Crippen molar-refractivity contribution in [2.75, 3.05) is 11.9 Å². The van der Waals surface area contributed by atoms with E-state index in [1.165, 1.54) is 28.8 Å². The van der Waals surface area contributed by atoms with Crippen molar-refractivity contribution in [3.63, 3.8) is 0 Å². The minimum absolute atomic E-state index is 1.06. The maximum Gasteiger partial charge on any atom is 0.141 e. The van der Waals surface area contributed by atoms with Gasteiger partial charge in [-0.05, 0) is 36.6 Å². The van der Waals surface area contributed by atoms with Gasteiger partial charge < -0.3 is 9.88 Å². The van der Waals surface area contributed by atoms with Crippen LogP contribution in [0, 0.1) is 0 Å². The standard InChI is InChI=1S/C17H17N3/c1-20-16-10-3-2-8-15(16)19-17(20)13-6-4-9-14-12(13)7-5-11-18-14/h2-4,6,8-10,18H,5,7,11H2,1H3. The summed E-state index contributed by atoms with van der Waals surface area (Å²) in [6.45, 7) is 1.07. The van der Waals surface area contributed by atoms with Crippen LogP contribution in [0.3, 0.4) is 0 Å². The Labute approximate surface area is 118 Å². The van der Waals surface area contributed by atoms with Crippen LogP contribution in [0.5, 0.6) is 0 Å². The number of aromatic nitrogens is 2. The summed E-state index contributed by atoms with van der Waals surface area (Å²) >= 11 is 0. The smallest absolute Gasteiger partial charge is 0.141 e. The Bertz CT molecular complexity index is 786. The van der Waals surface area contributed by atoms with Gasteiger partial charge in [0.25, 0.3) is 0 Å². The molecule has 100 valence electrons. The van der Waals surface area contributed by atoms with Crippen LogP contribution < -0.4 is 5.32 Å². The molecule has 0 fully saturated rings. The van der Waals surface area contributed by atoms with Crippen LogP contribution in [0.2, 0.25) is 0 Å². The van der Waals surface area contributed by atoms with Crippen molar-refractivity contribution in [2.45, 2.75) is 12.8 Å². The molecule has 1 aliphatic heterocycles. The number of anilines is 1. The van der Waals surface area contributed by atoms with E-state index in [1.807, 2.05) is 6.07 Å². The van der Waals surface area contributed by atoms with Crippen LogP contribution in [0.4, 0.5) is 5.69 Å². The Balaban J connectivity index is 1.98. The van der Waals surface area contributed by atoms with Crippen molar-refractivity contribution in [3.05, 3.63) is 48.0 Å². The summed E-state index contributed by atoms with van der Waals surface area (Å²) < 4.78 is 2.19. The lowest BCUT2D eigenvalue weighted by Crippen LogP contribution is -2.13. The van der Waals surface area contributed by atoms with E-state index in [1.54, 1.807) is 0 Å². The lowest BCUT2D eigenvalue weighted by Gasteiger charge is -2.20. The van der Waals surface area contributed by atoms with E-state index in [9.17, 15) is 0 Å². The van der Waals surface area contributed by atoms with E-state index in [0.717, 1.165) is 24.3 Å². The Kier molecular flexibility index (Phi) is 2.52. The molecule has 0 spiro atoms. The molecule has 3 aromatic rings. The van der Waals surface area contributed by atoms with Gasteiger partial charge in [0.05, 0.1) is 11.0 Å². The summed E-state index contributed by atoms with van der Waals surface area (Å²) in [5.41, 5.74) is 6.17. The Morgan fingerprint density at radius 2 is 2.00 bits per heavy atom. The van der Waals surface area contributed by atoms with Gasteiger partial charge in [0, 0.05) is 24.8 Å². The lowest BCUT2D eigenvalue weighted by atomic mass is 9.97. The first-order valence-corrected chi connectivity index (χ1v) is 7.12. The van der Waals surface area contributed by atoms with E-state index in [2.05, 4.69) is 53.3 Å². The number of nitrogens with one attached hydrogen (secondary N) is 1. The van der Waals surface area contributed by atoms with E-state index in [0.29, 0.717) is 0 Å². The topological polar surface area (TPSA) is 29.9 Å². The molecule has 0 bridgehead atoms. The molecule has 20 heavy (non-hydrogen) atoms. The molecule has 0 radical (unpaired) electrons. The molecule has 0 saturated carbocycles. The van der Waals surface area contributed by atoms with Gasteiger partial charge in [-0.25, -0.2) is 4.98 Å². The van der Waals surface area contributed by atoms with Crippen LogP contribution in [0.25, 0.3) is 22.4 Å². The molecule has 0 aliphatic carbocycles. The van der Waals surface area contributed by atoms with E-state index >= 15 is 0 Å². The zero-order valence-electron chi connectivity index (χ0n) is 11.6. The summed E-state index contributed by atoms with van der Waals surface area (Å²) in [4.78, 5) is 4.83. The fourth-order valence-electron chi connectivity index (χ4n) is 3.11. The summed E-state index contributed by atoms with van der Waals surface area (Å²) in [5, 5.41) is 3.49. The van der Waals surface area contributed by atoms with Gasteiger partial charge in [0.1, 0.15) is 5.82 Å². The number of fused-ring (bicyclic) bond motifs is 2. The largest absolute Gasteiger partial charge is 0.385 e. The molecule has 0 saturated heterocycles. The van der Waals surface area contributed by atoms with E-state index < -0.39 is 0 Å². The van der Waals surface area contributed by atoms with Crippen molar-refractivity contribution < 1.29 is 0 Å². The average Bonchev–Trinajstić information content (AvgIpc) is 2.84. The summed E-state index contributed by atoms with van der Waals surface area (Å²) in [6, 6.07) is 14.8. The van der Waals surface area contributed by atoms with Crippen LogP contribution in [-0.4, -0.2) is 16.1 Å². The second kappa shape index (κ2) is 4.37. The van der Waals surface area contributed by atoms with Crippen LogP contribution in [-0.2, 0) is 13.5 Å². The van der Waals surface area contributed by atoms with Gasteiger partial charge in [-0.1, -0.05) is 24.3 Å². The Morgan fingerprint density at radius 3 is 2.90 bits per heavy atom. The van der Waals surface area contributed by atoms with Crippen molar-refractivity contribution >= 4 is 16.7 Å². The highest BCUT2D eigenvalue weighted by molar-refractivity contribution is 5.82. The zero-order valence-corrected chi connectivity index (χ0v) is 11.6. The van der Waals surface area contributed by atoms with Crippen molar-refractivity contribution in [1.82, 2.24) is 9.55 Å². The van der Waals surface area contributed by atoms with Crippen LogP contribution in [0.15, 0.2) is 42.5 Å². The lowest BCUT2D eigenvalue weighted by molar-refractivity contribution is 0.828. The van der Waals surface area contributed by atoms with Gasteiger partial charge in [0.2, 0.25) is 0 Å². The molecule has 4 rings (SSSR count). The third-order valence-electron chi connectivity index (χ3n) is 4.12. The maximum absolute atomic E-state index is 4.83. The first-order valence-electron chi connectivity index (χ1n) is 7.12. The van der Waals surface area contributed by atoms with Gasteiger partial charge in [-0.15, -0.1) is 0 Å². The zero-order chi connectivity index (χ0) is 13.5. The quantitative estimate of drug-likeness (QED) is 0.727. The van der Waals surface area contributed by atoms with Gasteiger partial charge in [0.15, 0.2) is 0 Å². The maximum atomic E-state index is 4.83. The molecular weight excluding hydrogens is 246 g/mol. The van der Waals surface area contributed by atoms with Crippen molar-refractivity contribution in [1.29, 1.82) is 0 Å². The Hall–Kier alpha value is -2.29. The summed E-state index contributed by atoms with van der Waals surface area (Å²) in [7, 11) is 2.10. The fourth-order valence-corrected chi connectivity index (χ4v) is 3.11. The molecular formula is C17H17N3. The molecule has 1 N–H and O–H groups in total. The number of para-hydroxylation sites is 2. The number of benzene rings is 2. The van der Waals surface area contributed by atoms with E-state index in [-0.39, 0.29) is 0 Å². The normalized spacial score (nSPS) is 14.1. The third-order valence-corrected chi connectivity index (χ3v) is 4.12. The van der Waals surface area contributed by atoms with Crippen LogP contribution in [0.1, 0.15) is 12.0 Å². The SMILES string of the molecule is Cn1c(-c2cccc3c2CCCN3)nc2ccccc21. The number of hydrogen-bond acceptors (Lipinski definition) is 2. The van der Waals surface area contributed by atoms with Crippen molar-refractivity contribution in [2.24, 2.45) is 7.05 Å². The van der Waals surface area contributed by atoms with Crippen LogP contribution >= 0.6 is 0 Å². The number of hydrogen-bond donors (Lipinski definition) is 1. The highest BCUT2D eigenvalue weighted by Crippen LogP contribution is 2.33. The predicted octanol–water partition coefficient (Wildman–Crippen LogP) is 3.60. The molecule has 2 heterocycles. The minimum atomic E-state index is 1.06. The molecule has 0 unspecified atom stereocenters. The minimum Gasteiger partial charge on any atom is -0.385 e. The summed E-state index contributed by atoms with van der Waals surface area (Å²) in [5.74, 6) is 1.06. The molecule has 2 aromatic carbocycles. The van der Waals surface area contributed by atoms with Gasteiger partial charge >= 0.3 is 0 Å². The molecule has 3 nitrogen and oxygen atoms in total. The second-order valence-corrected chi connectivity index (χ2v) is 5.35. The van der Waals surface area contributed by atoms with E-state index in [4.69, 9.17) is 4.98 Å². The summed E-state index contributed by atoms with van der Waals surface area (Å²) in [6.07, 6.45) is 2.32. The second-order valence-electron chi connectivity index (χ2n) is 5.35. The molecule has 1 aromatic heterocycles. The highest BCUT2D eigenvalue weighted by atomic mass is 15.1. The Morgan fingerprint density at radius 1 is 1.10 bits per heavy atom. The number of aryl methyl sites for hydroxylation is 1. The molecule has 0 amide bonds. The number of imidazole rings is 1. The average molecular weight is 263 g/mol. The molecule has 1 aliphatic rings.